The minimum atomic E-state index is -1.07. The molecule has 116 valence electrons. The minimum absolute atomic E-state index is 0.0381. The van der Waals surface area contributed by atoms with Crippen LogP contribution in [0.5, 0.6) is 0 Å². The van der Waals surface area contributed by atoms with Gasteiger partial charge in [-0.15, -0.1) is 0 Å². The number of hydrogen-bond donors (Lipinski definition) is 3. The Hall–Kier alpha value is -2.18. The van der Waals surface area contributed by atoms with Gasteiger partial charge in [0.15, 0.2) is 0 Å². The van der Waals surface area contributed by atoms with Gasteiger partial charge in [-0.2, -0.15) is 0 Å². The van der Waals surface area contributed by atoms with Crippen LogP contribution in [0.3, 0.4) is 0 Å². The molecule has 0 aliphatic rings. The van der Waals surface area contributed by atoms with Gasteiger partial charge in [0.25, 0.3) is 5.91 Å². The average molecular weight is 325 g/mol. The number of aliphatic hydroxyl groups excluding tert-OH is 1. The Kier molecular flexibility index (Phi) is 4.95. The molecule has 22 heavy (non-hydrogen) atoms. The highest BCUT2D eigenvalue weighted by Crippen LogP contribution is 2.20. The summed E-state index contributed by atoms with van der Waals surface area (Å²) in [5.41, 5.74) is 0.734. The number of aryl methyl sites for hydroxylation is 1. The van der Waals surface area contributed by atoms with Crippen molar-refractivity contribution in [2.75, 3.05) is 6.54 Å². The summed E-state index contributed by atoms with van der Waals surface area (Å²) in [4.78, 5) is 25.6. The van der Waals surface area contributed by atoms with Crippen molar-refractivity contribution in [1.29, 1.82) is 0 Å². The van der Waals surface area contributed by atoms with Crippen molar-refractivity contribution in [3.05, 3.63) is 68.3 Å². The number of carbonyl (C=O) groups excluding carboxylic acids is 1. The van der Waals surface area contributed by atoms with Crippen molar-refractivity contribution in [2.45, 2.75) is 13.0 Å². The average Bonchev–Trinajstić information content (AvgIpc) is 2.47. The zero-order chi connectivity index (χ0) is 16.3. The number of aromatic amines is 1. The molecular weight excluding hydrogens is 311 g/mol. The Morgan fingerprint density at radius 1 is 1.41 bits per heavy atom. The number of halogens is 2. The van der Waals surface area contributed by atoms with E-state index in [1.807, 2.05) is 0 Å². The lowest BCUT2D eigenvalue weighted by Gasteiger charge is -2.13. The van der Waals surface area contributed by atoms with E-state index in [0.29, 0.717) is 16.8 Å². The Balaban J connectivity index is 2.03. The van der Waals surface area contributed by atoms with E-state index in [9.17, 15) is 19.1 Å². The molecule has 1 amide bonds. The van der Waals surface area contributed by atoms with Crippen LogP contribution in [0.15, 0.2) is 35.1 Å². The highest BCUT2D eigenvalue weighted by atomic mass is 35.5. The van der Waals surface area contributed by atoms with Gasteiger partial charge in [0.05, 0.1) is 16.7 Å². The largest absolute Gasteiger partial charge is 0.387 e. The Bertz CT molecular complexity index is 761. The molecule has 2 rings (SSSR count). The van der Waals surface area contributed by atoms with E-state index in [1.165, 1.54) is 24.3 Å². The first-order valence-electron chi connectivity index (χ1n) is 6.49. The standard InChI is InChI=1S/C15H14ClFN2O3/c1-8-10(3-5-14(21)19-8)15(22)18-7-13(20)9-2-4-11(16)12(17)6-9/h2-6,13,20H,7H2,1H3,(H,18,22)(H,19,21). The number of aromatic nitrogens is 1. The number of aliphatic hydroxyl groups is 1. The summed E-state index contributed by atoms with van der Waals surface area (Å²) in [6.07, 6.45) is -1.07. The summed E-state index contributed by atoms with van der Waals surface area (Å²) in [6, 6.07) is 6.58. The molecule has 7 heteroatoms. The fraction of sp³-hybridized carbons (Fsp3) is 0.200. The van der Waals surface area contributed by atoms with E-state index < -0.39 is 17.8 Å². The van der Waals surface area contributed by atoms with Crippen LogP contribution < -0.4 is 10.9 Å². The van der Waals surface area contributed by atoms with Gasteiger partial charge in [-0.3, -0.25) is 9.59 Å². The molecule has 1 aromatic carbocycles. The van der Waals surface area contributed by atoms with Crippen LogP contribution in [0.25, 0.3) is 0 Å². The van der Waals surface area contributed by atoms with Crippen molar-refractivity contribution in [1.82, 2.24) is 10.3 Å². The van der Waals surface area contributed by atoms with Crippen LogP contribution in [0, 0.1) is 12.7 Å². The third kappa shape index (κ3) is 3.72. The molecule has 1 atom stereocenters. The van der Waals surface area contributed by atoms with Gasteiger partial charge in [-0.25, -0.2) is 4.39 Å². The van der Waals surface area contributed by atoms with Gasteiger partial charge in [0.1, 0.15) is 5.82 Å². The molecule has 3 N–H and O–H groups in total. The molecule has 0 saturated heterocycles. The predicted molar refractivity (Wildman–Crippen MR) is 80.5 cm³/mol. The zero-order valence-electron chi connectivity index (χ0n) is 11.7. The fourth-order valence-electron chi connectivity index (χ4n) is 1.95. The number of benzene rings is 1. The third-order valence-corrected chi connectivity index (χ3v) is 3.45. The zero-order valence-corrected chi connectivity index (χ0v) is 12.4. The van der Waals surface area contributed by atoms with Crippen LogP contribution in [-0.4, -0.2) is 22.5 Å². The first-order chi connectivity index (χ1) is 10.4. The van der Waals surface area contributed by atoms with E-state index in [0.717, 1.165) is 6.07 Å². The number of hydrogen-bond acceptors (Lipinski definition) is 3. The highest BCUT2D eigenvalue weighted by Gasteiger charge is 2.14. The lowest BCUT2D eigenvalue weighted by Crippen LogP contribution is -2.29. The van der Waals surface area contributed by atoms with Gasteiger partial charge < -0.3 is 15.4 Å². The Morgan fingerprint density at radius 2 is 2.14 bits per heavy atom. The summed E-state index contributed by atoms with van der Waals surface area (Å²) in [5, 5.41) is 12.4. The molecule has 0 aliphatic carbocycles. The molecule has 5 nitrogen and oxygen atoms in total. The minimum Gasteiger partial charge on any atom is -0.387 e. The van der Waals surface area contributed by atoms with E-state index in [-0.39, 0.29) is 17.1 Å². The normalized spacial score (nSPS) is 12.0. The monoisotopic (exact) mass is 324 g/mol. The number of pyridine rings is 1. The molecule has 0 fully saturated rings. The molecule has 2 aromatic rings. The number of amides is 1. The number of nitrogens with one attached hydrogen (secondary N) is 2. The molecule has 0 saturated carbocycles. The molecule has 1 aromatic heterocycles. The van der Waals surface area contributed by atoms with E-state index >= 15 is 0 Å². The number of H-pyrrole nitrogens is 1. The maximum atomic E-state index is 13.3. The Labute approximate surface area is 130 Å². The number of rotatable bonds is 4. The SMILES string of the molecule is Cc1[nH]c(=O)ccc1C(=O)NCC(O)c1ccc(Cl)c(F)c1. The van der Waals surface area contributed by atoms with Crippen molar-refractivity contribution in [2.24, 2.45) is 0 Å². The van der Waals surface area contributed by atoms with Crippen LogP contribution in [0.4, 0.5) is 4.39 Å². The van der Waals surface area contributed by atoms with Gasteiger partial charge in [0.2, 0.25) is 5.56 Å². The lowest BCUT2D eigenvalue weighted by atomic mass is 10.1. The third-order valence-electron chi connectivity index (χ3n) is 3.15. The van der Waals surface area contributed by atoms with E-state index in [2.05, 4.69) is 10.3 Å². The van der Waals surface area contributed by atoms with Gasteiger partial charge in [0, 0.05) is 18.3 Å². The van der Waals surface area contributed by atoms with Crippen LogP contribution in [-0.2, 0) is 0 Å². The molecule has 0 aliphatic heterocycles. The Morgan fingerprint density at radius 3 is 2.77 bits per heavy atom. The van der Waals surface area contributed by atoms with Crippen molar-refractivity contribution >= 4 is 17.5 Å². The van der Waals surface area contributed by atoms with Crippen LogP contribution in [0.1, 0.15) is 27.7 Å². The van der Waals surface area contributed by atoms with Gasteiger partial charge in [-0.05, 0) is 30.7 Å². The maximum Gasteiger partial charge on any atom is 0.253 e. The molecule has 0 radical (unpaired) electrons. The molecule has 0 spiro atoms. The summed E-state index contributed by atoms with van der Waals surface area (Å²) in [5.74, 6) is -1.08. The van der Waals surface area contributed by atoms with Gasteiger partial charge >= 0.3 is 0 Å². The van der Waals surface area contributed by atoms with Crippen molar-refractivity contribution in [3.8, 4) is 0 Å². The lowest BCUT2D eigenvalue weighted by molar-refractivity contribution is 0.0915. The van der Waals surface area contributed by atoms with Crippen molar-refractivity contribution < 1.29 is 14.3 Å². The topological polar surface area (TPSA) is 82.2 Å². The maximum absolute atomic E-state index is 13.3. The van der Waals surface area contributed by atoms with E-state index in [1.54, 1.807) is 6.92 Å². The van der Waals surface area contributed by atoms with Crippen LogP contribution >= 0.6 is 11.6 Å². The fourth-order valence-corrected chi connectivity index (χ4v) is 2.06. The second kappa shape index (κ2) is 6.72. The first kappa shape index (κ1) is 16.2. The summed E-state index contributed by atoms with van der Waals surface area (Å²) < 4.78 is 13.3. The quantitative estimate of drug-likeness (QED) is 0.804. The summed E-state index contributed by atoms with van der Waals surface area (Å²) >= 11 is 5.57. The summed E-state index contributed by atoms with van der Waals surface area (Å²) in [6.45, 7) is 1.50. The van der Waals surface area contributed by atoms with Crippen LogP contribution in [0.2, 0.25) is 5.02 Å². The smallest absolute Gasteiger partial charge is 0.253 e. The number of carbonyl (C=O) groups is 1. The predicted octanol–water partition coefficient (Wildman–Crippen LogP) is 1.94. The molecule has 0 bridgehead atoms. The van der Waals surface area contributed by atoms with E-state index in [4.69, 9.17) is 11.6 Å². The van der Waals surface area contributed by atoms with Crippen molar-refractivity contribution in [3.63, 3.8) is 0 Å². The second-order valence-corrected chi connectivity index (χ2v) is 5.17. The van der Waals surface area contributed by atoms with Gasteiger partial charge in [-0.1, -0.05) is 17.7 Å². The molecule has 1 unspecified atom stereocenters. The molecular formula is C15H14ClFN2O3. The highest BCUT2D eigenvalue weighted by molar-refractivity contribution is 6.30. The second-order valence-electron chi connectivity index (χ2n) is 4.76. The molecule has 1 heterocycles. The summed E-state index contributed by atoms with van der Waals surface area (Å²) in [7, 11) is 0. The first-order valence-corrected chi connectivity index (χ1v) is 6.87.